The fourth-order valence-corrected chi connectivity index (χ4v) is 3.46. The second kappa shape index (κ2) is 5.35. The SMILES string of the molecule is CC1=CC[C@H]([C@H](C)C[C@@H]2CCC[C@@H]2O)CC1. The highest BCUT2D eigenvalue weighted by Crippen LogP contribution is 2.37. The van der Waals surface area contributed by atoms with Gasteiger partial charge in [0.2, 0.25) is 0 Å². The Kier molecular flexibility index (Phi) is 4.07. The molecule has 0 heterocycles. The molecule has 92 valence electrons. The molecule has 0 radical (unpaired) electrons. The highest BCUT2D eigenvalue weighted by molar-refractivity contribution is 5.03. The zero-order valence-corrected chi connectivity index (χ0v) is 10.8. The molecule has 0 aromatic carbocycles. The van der Waals surface area contributed by atoms with Gasteiger partial charge in [-0.2, -0.15) is 0 Å². The van der Waals surface area contributed by atoms with Crippen molar-refractivity contribution in [3.63, 3.8) is 0 Å². The molecule has 4 atom stereocenters. The third kappa shape index (κ3) is 2.88. The number of allylic oxidation sites excluding steroid dienone is 2. The van der Waals surface area contributed by atoms with Crippen LogP contribution in [0.4, 0.5) is 0 Å². The molecule has 2 aliphatic carbocycles. The summed E-state index contributed by atoms with van der Waals surface area (Å²) in [5.41, 5.74) is 1.57. The van der Waals surface area contributed by atoms with Gasteiger partial charge in [-0.1, -0.05) is 25.0 Å². The largest absolute Gasteiger partial charge is 0.393 e. The Labute approximate surface area is 99.9 Å². The molecule has 0 spiro atoms. The molecule has 0 amide bonds. The van der Waals surface area contributed by atoms with Crippen LogP contribution in [0.5, 0.6) is 0 Å². The van der Waals surface area contributed by atoms with E-state index in [2.05, 4.69) is 19.9 Å². The first-order valence-electron chi connectivity index (χ1n) is 7.00. The van der Waals surface area contributed by atoms with Crippen molar-refractivity contribution < 1.29 is 5.11 Å². The van der Waals surface area contributed by atoms with Crippen LogP contribution in [0.15, 0.2) is 11.6 Å². The Balaban J connectivity index is 1.81. The van der Waals surface area contributed by atoms with Crippen molar-refractivity contribution >= 4 is 0 Å². The number of aliphatic hydroxyl groups is 1. The van der Waals surface area contributed by atoms with Crippen molar-refractivity contribution in [2.45, 2.75) is 64.9 Å². The van der Waals surface area contributed by atoms with Crippen LogP contribution in [-0.2, 0) is 0 Å². The van der Waals surface area contributed by atoms with Gasteiger partial charge in [-0.15, -0.1) is 0 Å². The summed E-state index contributed by atoms with van der Waals surface area (Å²) in [6, 6.07) is 0. The van der Waals surface area contributed by atoms with E-state index in [1.54, 1.807) is 5.57 Å². The quantitative estimate of drug-likeness (QED) is 0.718. The van der Waals surface area contributed by atoms with Gasteiger partial charge in [0.15, 0.2) is 0 Å². The fraction of sp³-hybridized carbons (Fsp3) is 0.867. The van der Waals surface area contributed by atoms with Gasteiger partial charge in [-0.3, -0.25) is 0 Å². The topological polar surface area (TPSA) is 20.2 Å². The Bertz CT molecular complexity index is 256. The predicted molar refractivity (Wildman–Crippen MR) is 68.2 cm³/mol. The molecule has 1 heteroatoms. The molecular weight excluding hydrogens is 196 g/mol. The maximum atomic E-state index is 9.87. The van der Waals surface area contributed by atoms with E-state index in [9.17, 15) is 5.11 Å². The van der Waals surface area contributed by atoms with E-state index in [-0.39, 0.29) is 6.10 Å². The predicted octanol–water partition coefficient (Wildman–Crippen LogP) is 3.92. The zero-order valence-electron chi connectivity index (χ0n) is 10.8. The second-order valence-corrected chi connectivity index (χ2v) is 6.06. The first kappa shape index (κ1) is 12.2. The summed E-state index contributed by atoms with van der Waals surface area (Å²) in [5, 5.41) is 9.87. The van der Waals surface area contributed by atoms with E-state index in [4.69, 9.17) is 0 Å². The van der Waals surface area contributed by atoms with Gasteiger partial charge in [-0.05, 0) is 63.2 Å². The summed E-state index contributed by atoms with van der Waals surface area (Å²) in [5.74, 6) is 2.26. The summed E-state index contributed by atoms with van der Waals surface area (Å²) < 4.78 is 0. The van der Waals surface area contributed by atoms with Crippen LogP contribution in [-0.4, -0.2) is 11.2 Å². The van der Waals surface area contributed by atoms with Crippen molar-refractivity contribution in [2.75, 3.05) is 0 Å². The van der Waals surface area contributed by atoms with E-state index in [1.807, 2.05) is 0 Å². The normalized spacial score (nSPS) is 37.2. The molecule has 1 nitrogen and oxygen atoms in total. The van der Waals surface area contributed by atoms with Crippen LogP contribution in [0.2, 0.25) is 0 Å². The van der Waals surface area contributed by atoms with Crippen LogP contribution in [0.1, 0.15) is 58.8 Å². The Morgan fingerprint density at radius 1 is 1.38 bits per heavy atom. The molecule has 0 aromatic heterocycles. The van der Waals surface area contributed by atoms with E-state index < -0.39 is 0 Å². The van der Waals surface area contributed by atoms with Crippen molar-refractivity contribution in [1.82, 2.24) is 0 Å². The minimum Gasteiger partial charge on any atom is -0.393 e. The van der Waals surface area contributed by atoms with Gasteiger partial charge < -0.3 is 5.11 Å². The monoisotopic (exact) mass is 222 g/mol. The molecule has 0 saturated heterocycles. The molecule has 1 saturated carbocycles. The maximum Gasteiger partial charge on any atom is 0.0568 e. The molecular formula is C15H26O. The Morgan fingerprint density at radius 3 is 2.75 bits per heavy atom. The maximum absolute atomic E-state index is 9.87. The fourth-order valence-electron chi connectivity index (χ4n) is 3.46. The minimum absolute atomic E-state index is 0.00307. The van der Waals surface area contributed by atoms with Gasteiger partial charge in [-0.25, -0.2) is 0 Å². The molecule has 0 unspecified atom stereocenters. The van der Waals surface area contributed by atoms with Crippen LogP contribution in [0, 0.1) is 17.8 Å². The lowest BCUT2D eigenvalue weighted by molar-refractivity contribution is 0.109. The van der Waals surface area contributed by atoms with E-state index >= 15 is 0 Å². The zero-order chi connectivity index (χ0) is 11.5. The molecule has 0 aliphatic heterocycles. The molecule has 1 N–H and O–H groups in total. The van der Waals surface area contributed by atoms with Crippen molar-refractivity contribution in [3.8, 4) is 0 Å². The van der Waals surface area contributed by atoms with Crippen LogP contribution in [0.3, 0.4) is 0 Å². The van der Waals surface area contributed by atoms with Crippen molar-refractivity contribution in [3.05, 3.63) is 11.6 Å². The molecule has 2 aliphatic rings. The lowest BCUT2D eigenvalue weighted by Crippen LogP contribution is -2.21. The molecule has 16 heavy (non-hydrogen) atoms. The third-order valence-electron chi connectivity index (χ3n) is 4.78. The Morgan fingerprint density at radius 2 is 2.19 bits per heavy atom. The highest BCUT2D eigenvalue weighted by Gasteiger charge is 2.29. The van der Waals surface area contributed by atoms with E-state index in [0.29, 0.717) is 5.92 Å². The van der Waals surface area contributed by atoms with Crippen LogP contribution >= 0.6 is 0 Å². The van der Waals surface area contributed by atoms with Crippen LogP contribution in [0.25, 0.3) is 0 Å². The Hall–Kier alpha value is -0.300. The summed E-state index contributed by atoms with van der Waals surface area (Å²) in [6.07, 6.45) is 11.2. The van der Waals surface area contributed by atoms with Crippen molar-refractivity contribution in [1.29, 1.82) is 0 Å². The third-order valence-corrected chi connectivity index (χ3v) is 4.78. The standard InChI is InChI=1S/C15H26O/c1-11-6-8-13(9-7-11)12(2)10-14-4-3-5-15(14)16/h6,12-16H,3-5,7-10H2,1-2H3/t12-,13+,14+,15+/m1/s1. The number of hydrogen-bond acceptors (Lipinski definition) is 1. The smallest absolute Gasteiger partial charge is 0.0568 e. The van der Waals surface area contributed by atoms with Gasteiger partial charge >= 0.3 is 0 Å². The summed E-state index contributed by atoms with van der Waals surface area (Å²) in [7, 11) is 0. The molecule has 0 aromatic rings. The first-order valence-corrected chi connectivity index (χ1v) is 7.00. The lowest BCUT2D eigenvalue weighted by atomic mass is 9.77. The molecule has 0 bridgehead atoms. The van der Waals surface area contributed by atoms with Crippen molar-refractivity contribution in [2.24, 2.45) is 17.8 Å². The van der Waals surface area contributed by atoms with Gasteiger partial charge in [0, 0.05) is 0 Å². The highest BCUT2D eigenvalue weighted by atomic mass is 16.3. The minimum atomic E-state index is 0.00307. The molecule has 2 rings (SSSR count). The average Bonchev–Trinajstić information content (AvgIpc) is 2.65. The van der Waals surface area contributed by atoms with E-state index in [0.717, 1.165) is 18.3 Å². The summed E-state index contributed by atoms with van der Waals surface area (Å²) in [4.78, 5) is 0. The van der Waals surface area contributed by atoms with Crippen LogP contribution < -0.4 is 0 Å². The lowest BCUT2D eigenvalue weighted by Gasteiger charge is -2.29. The second-order valence-electron chi connectivity index (χ2n) is 6.06. The summed E-state index contributed by atoms with van der Waals surface area (Å²) in [6.45, 7) is 4.64. The van der Waals surface area contributed by atoms with Gasteiger partial charge in [0.05, 0.1) is 6.10 Å². The average molecular weight is 222 g/mol. The van der Waals surface area contributed by atoms with Gasteiger partial charge in [0.1, 0.15) is 0 Å². The summed E-state index contributed by atoms with van der Waals surface area (Å²) >= 11 is 0. The van der Waals surface area contributed by atoms with E-state index in [1.165, 1.54) is 38.5 Å². The first-order chi connectivity index (χ1) is 7.66. The molecule has 1 fully saturated rings. The number of rotatable bonds is 3. The number of hydrogen-bond donors (Lipinski definition) is 1. The number of aliphatic hydroxyl groups excluding tert-OH is 1. The van der Waals surface area contributed by atoms with Gasteiger partial charge in [0.25, 0.3) is 0 Å².